The molecule has 1 aromatic rings. The second-order valence-electron chi connectivity index (χ2n) is 3.97. The van der Waals surface area contributed by atoms with Crippen molar-refractivity contribution in [1.29, 1.82) is 0 Å². The van der Waals surface area contributed by atoms with Gasteiger partial charge in [0, 0.05) is 6.42 Å². The van der Waals surface area contributed by atoms with Crippen LogP contribution in [0.15, 0.2) is 18.2 Å². The van der Waals surface area contributed by atoms with Gasteiger partial charge in [0.1, 0.15) is 6.29 Å². The normalized spacial score (nSPS) is 14.9. The number of aryl methyl sites for hydroxylation is 2. The quantitative estimate of drug-likeness (QED) is 0.666. The molecule has 0 radical (unpaired) electrons. The van der Waals surface area contributed by atoms with E-state index < -0.39 is 0 Å². The monoisotopic (exact) mass is 188 g/mol. The molecule has 0 unspecified atom stereocenters. The lowest BCUT2D eigenvalue weighted by Gasteiger charge is -2.18. The van der Waals surface area contributed by atoms with Crippen molar-refractivity contribution >= 4 is 6.29 Å². The molecule has 0 aromatic heterocycles. The molecule has 0 saturated heterocycles. The Morgan fingerprint density at radius 3 is 2.93 bits per heavy atom. The van der Waals surface area contributed by atoms with Crippen LogP contribution in [0.5, 0.6) is 0 Å². The van der Waals surface area contributed by atoms with E-state index in [9.17, 15) is 4.79 Å². The van der Waals surface area contributed by atoms with Crippen molar-refractivity contribution < 1.29 is 4.79 Å². The first-order chi connectivity index (χ1) is 6.92. The minimum atomic E-state index is 0.663. The van der Waals surface area contributed by atoms with Gasteiger partial charge in [0.2, 0.25) is 0 Å². The Labute approximate surface area is 85.1 Å². The van der Waals surface area contributed by atoms with E-state index in [0.717, 1.165) is 12.7 Å². The summed E-state index contributed by atoms with van der Waals surface area (Å²) in [6, 6.07) is 6.54. The number of fused-ring (bicyclic) bond motifs is 1. The highest BCUT2D eigenvalue weighted by atomic mass is 16.1. The maximum Gasteiger partial charge on any atom is 0.120 e. The first-order valence-electron chi connectivity index (χ1n) is 5.45. The van der Waals surface area contributed by atoms with Crippen LogP contribution in [0.1, 0.15) is 36.0 Å². The van der Waals surface area contributed by atoms with Crippen LogP contribution in [0, 0.1) is 0 Å². The first kappa shape index (κ1) is 9.45. The molecule has 1 nitrogen and oxygen atoms in total. The Kier molecular flexibility index (Phi) is 2.97. The first-order valence-corrected chi connectivity index (χ1v) is 5.45. The van der Waals surface area contributed by atoms with Crippen molar-refractivity contribution in [2.75, 3.05) is 0 Å². The van der Waals surface area contributed by atoms with E-state index in [-0.39, 0.29) is 0 Å². The molecule has 1 aromatic carbocycles. The smallest absolute Gasteiger partial charge is 0.120 e. The predicted octanol–water partition coefficient (Wildman–Crippen LogP) is 2.70. The van der Waals surface area contributed by atoms with Gasteiger partial charge in [-0.2, -0.15) is 0 Å². The van der Waals surface area contributed by atoms with Crippen LogP contribution >= 0.6 is 0 Å². The van der Waals surface area contributed by atoms with Crippen molar-refractivity contribution in [3.63, 3.8) is 0 Å². The topological polar surface area (TPSA) is 17.1 Å². The van der Waals surface area contributed by atoms with Gasteiger partial charge in [0.15, 0.2) is 0 Å². The van der Waals surface area contributed by atoms with Crippen molar-refractivity contribution in [3.8, 4) is 0 Å². The highest BCUT2D eigenvalue weighted by Crippen LogP contribution is 2.24. The minimum absolute atomic E-state index is 0.663. The van der Waals surface area contributed by atoms with Gasteiger partial charge in [0.25, 0.3) is 0 Å². The van der Waals surface area contributed by atoms with Gasteiger partial charge in [-0.1, -0.05) is 18.2 Å². The minimum Gasteiger partial charge on any atom is -0.303 e. The number of benzene rings is 1. The molecule has 0 N–H and O–H groups in total. The highest BCUT2D eigenvalue weighted by molar-refractivity contribution is 5.51. The van der Waals surface area contributed by atoms with Gasteiger partial charge in [-0.05, 0) is 48.8 Å². The Bertz CT molecular complexity index is 328. The molecular formula is C13H16O. The Morgan fingerprint density at radius 2 is 2.07 bits per heavy atom. The molecule has 0 atom stereocenters. The fraction of sp³-hybridized carbons (Fsp3) is 0.462. The van der Waals surface area contributed by atoms with Crippen molar-refractivity contribution in [1.82, 2.24) is 0 Å². The number of carbonyl (C=O) groups is 1. The van der Waals surface area contributed by atoms with Crippen LogP contribution in [0.25, 0.3) is 0 Å². The molecule has 1 heteroatoms. The Balaban J connectivity index is 2.25. The average Bonchev–Trinajstić information content (AvgIpc) is 2.26. The summed E-state index contributed by atoms with van der Waals surface area (Å²) >= 11 is 0. The molecule has 0 fully saturated rings. The molecule has 0 aliphatic heterocycles. The number of aldehydes is 1. The number of hydrogen-bond acceptors (Lipinski definition) is 1. The molecule has 14 heavy (non-hydrogen) atoms. The summed E-state index contributed by atoms with van der Waals surface area (Å²) in [5, 5.41) is 0. The molecular weight excluding hydrogens is 172 g/mol. The zero-order valence-corrected chi connectivity index (χ0v) is 8.46. The van der Waals surface area contributed by atoms with Crippen molar-refractivity contribution in [2.24, 2.45) is 0 Å². The maximum absolute atomic E-state index is 10.3. The SMILES string of the molecule is O=CCCc1cccc2c1CCCC2. The summed E-state index contributed by atoms with van der Waals surface area (Å²) < 4.78 is 0. The largest absolute Gasteiger partial charge is 0.303 e. The molecule has 0 spiro atoms. The molecule has 0 heterocycles. The van der Waals surface area contributed by atoms with E-state index in [4.69, 9.17) is 0 Å². The third kappa shape index (κ3) is 1.87. The summed E-state index contributed by atoms with van der Waals surface area (Å²) in [7, 11) is 0. The summed E-state index contributed by atoms with van der Waals surface area (Å²) in [4.78, 5) is 10.3. The number of carbonyl (C=O) groups excluding carboxylic acids is 1. The molecule has 1 aliphatic carbocycles. The lowest BCUT2D eigenvalue weighted by molar-refractivity contribution is -0.107. The van der Waals surface area contributed by atoms with Crippen LogP contribution < -0.4 is 0 Å². The molecule has 1 aliphatic rings. The van der Waals surface area contributed by atoms with E-state index >= 15 is 0 Å². The molecule has 0 bridgehead atoms. The summed E-state index contributed by atoms with van der Waals surface area (Å²) in [6.45, 7) is 0. The van der Waals surface area contributed by atoms with E-state index in [0.29, 0.717) is 6.42 Å². The van der Waals surface area contributed by atoms with E-state index in [1.165, 1.54) is 42.4 Å². The number of rotatable bonds is 3. The molecule has 2 rings (SSSR count). The van der Waals surface area contributed by atoms with Gasteiger partial charge in [0.05, 0.1) is 0 Å². The summed E-state index contributed by atoms with van der Waals surface area (Å²) in [5.74, 6) is 0. The Hall–Kier alpha value is -1.11. The molecule has 0 amide bonds. The molecule has 0 saturated carbocycles. The fourth-order valence-corrected chi connectivity index (χ4v) is 2.31. The highest BCUT2D eigenvalue weighted by Gasteiger charge is 2.11. The van der Waals surface area contributed by atoms with Gasteiger partial charge >= 0.3 is 0 Å². The van der Waals surface area contributed by atoms with E-state index in [1.54, 1.807) is 0 Å². The van der Waals surface area contributed by atoms with Gasteiger partial charge in [-0.15, -0.1) is 0 Å². The van der Waals surface area contributed by atoms with Crippen LogP contribution in [0.2, 0.25) is 0 Å². The molecule has 74 valence electrons. The third-order valence-electron chi connectivity index (χ3n) is 3.02. The number of hydrogen-bond donors (Lipinski definition) is 0. The van der Waals surface area contributed by atoms with Crippen LogP contribution in [0.4, 0.5) is 0 Å². The lowest BCUT2D eigenvalue weighted by Crippen LogP contribution is -2.06. The third-order valence-corrected chi connectivity index (χ3v) is 3.02. The predicted molar refractivity (Wildman–Crippen MR) is 57.5 cm³/mol. The van der Waals surface area contributed by atoms with Crippen molar-refractivity contribution in [3.05, 3.63) is 34.9 Å². The second kappa shape index (κ2) is 4.41. The van der Waals surface area contributed by atoms with Crippen LogP contribution in [0.3, 0.4) is 0 Å². The van der Waals surface area contributed by atoms with Crippen LogP contribution in [-0.2, 0) is 24.1 Å². The fourth-order valence-electron chi connectivity index (χ4n) is 2.31. The van der Waals surface area contributed by atoms with Gasteiger partial charge in [-0.3, -0.25) is 0 Å². The zero-order chi connectivity index (χ0) is 9.80. The second-order valence-corrected chi connectivity index (χ2v) is 3.97. The van der Waals surface area contributed by atoms with Crippen LogP contribution in [-0.4, -0.2) is 6.29 Å². The zero-order valence-electron chi connectivity index (χ0n) is 8.46. The average molecular weight is 188 g/mol. The van der Waals surface area contributed by atoms with E-state index in [1.807, 2.05) is 0 Å². The summed E-state index contributed by atoms with van der Waals surface area (Å²) in [6.07, 6.45) is 7.68. The maximum atomic E-state index is 10.3. The Morgan fingerprint density at radius 1 is 1.21 bits per heavy atom. The van der Waals surface area contributed by atoms with Crippen molar-refractivity contribution in [2.45, 2.75) is 38.5 Å². The standard InChI is InChI=1S/C13H16O/c14-10-4-8-12-7-3-6-11-5-1-2-9-13(11)12/h3,6-7,10H,1-2,4-5,8-9H2. The van der Waals surface area contributed by atoms with E-state index in [2.05, 4.69) is 18.2 Å². The van der Waals surface area contributed by atoms with Gasteiger partial charge in [-0.25, -0.2) is 0 Å². The van der Waals surface area contributed by atoms with Gasteiger partial charge < -0.3 is 4.79 Å². The summed E-state index contributed by atoms with van der Waals surface area (Å²) in [5.41, 5.74) is 4.44. The lowest BCUT2D eigenvalue weighted by atomic mass is 9.87.